The van der Waals surface area contributed by atoms with Crippen molar-refractivity contribution in [1.29, 1.82) is 5.26 Å². The Bertz CT molecular complexity index is 923. The Morgan fingerprint density at radius 3 is 2.86 bits per heavy atom. The zero-order chi connectivity index (χ0) is 20.6. The summed E-state index contributed by atoms with van der Waals surface area (Å²) in [6, 6.07) is 4.41. The van der Waals surface area contributed by atoms with Crippen LogP contribution in [0, 0.1) is 24.2 Å². The first-order valence-corrected chi connectivity index (χ1v) is 8.90. The Labute approximate surface area is 161 Å². The van der Waals surface area contributed by atoms with Crippen LogP contribution in [0.4, 0.5) is 0 Å². The number of aromatic nitrogens is 3. The molecule has 3 rings (SSSR count). The molecule has 1 saturated heterocycles. The second-order valence-corrected chi connectivity index (χ2v) is 7.20. The van der Waals surface area contributed by atoms with E-state index in [2.05, 4.69) is 10.1 Å². The van der Waals surface area contributed by atoms with E-state index in [1.165, 1.54) is 10.8 Å². The van der Waals surface area contributed by atoms with Crippen LogP contribution in [-0.2, 0) is 19.9 Å². The van der Waals surface area contributed by atoms with Gasteiger partial charge in [0.15, 0.2) is 0 Å². The van der Waals surface area contributed by atoms with E-state index in [1.807, 2.05) is 6.07 Å². The lowest BCUT2D eigenvalue weighted by atomic mass is 9.92. The minimum Gasteiger partial charge on any atom is -0.462 e. The van der Waals surface area contributed by atoms with Crippen molar-refractivity contribution in [3.8, 4) is 6.07 Å². The molecule has 10 heteroatoms. The Hall–Kier alpha value is -2.58. The van der Waals surface area contributed by atoms with E-state index in [4.69, 9.17) is 15.2 Å². The second-order valence-electron chi connectivity index (χ2n) is 7.20. The molecule has 0 bridgehead atoms. The van der Waals surface area contributed by atoms with Crippen LogP contribution in [0.5, 0.6) is 0 Å². The Kier molecular flexibility index (Phi) is 5.36. The Balaban J connectivity index is 1.88. The van der Waals surface area contributed by atoms with Gasteiger partial charge in [-0.3, -0.25) is 4.79 Å². The number of fused-ring (bicyclic) bond motifs is 1. The van der Waals surface area contributed by atoms with Crippen LogP contribution in [0.1, 0.15) is 25.2 Å². The third kappa shape index (κ3) is 3.12. The summed E-state index contributed by atoms with van der Waals surface area (Å²) in [4.78, 5) is 16.1. The van der Waals surface area contributed by atoms with Gasteiger partial charge in [-0.15, -0.1) is 0 Å². The van der Waals surface area contributed by atoms with Crippen molar-refractivity contribution in [2.75, 3.05) is 6.61 Å². The number of esters is 1. The summed E-state index contributed by atoms with van der Waals surface area (Å²) < 4.78 is 12.3. The van der Waals surface area contributed by atoms with E-state index in [1.54, 1.807) is 32.9 Å². The number of nitrogens with zero attached hydrogens (tertiary/aromatic N) is 4. The maximum Gasteiger partial charge on any atom is 0.323 e. The number of hydrogen-bond donors (Lipinski definition) is 3. The third-order valence-electron chi connectivity index (χ3n) is 5.03. The first-order valence-electron chi connectivity index (χ1n) is 8.90. The molecule has 0 saturated carbocycles. The molecule has 2 aromatic rings. The quantitative estimate of drug-likeness (QED) is 0.568. The Morgan fingerprint density at radius 1 is 1.50 bits per heavy atom. The lowest BCUT2D eigenvalue weighted by Crippen LogP contribution is -2.41. The highest BCUT2D eigenvalue weighted by Crippen LogP contribution is 2.40. The molecule has 1 aliphatic rings. The summed E-state index contributed by atoms with van der Waals surface area (Å²) >= 11 is 0. The summed E-state index contributed by atoms with van der Waals surface area (Å²) in [5.41, 5.74) is 5.41. The molecule has 0 spiro atoms. The topological polar surface area (TPSA) is 156 Å². The van der Waals surface area contributed by atoms with Gasteiger partial charge in [0.05, 0.1) is 16.9 Å². The number of hydrogen-bond acceptors (Lipinski definition) is 9. The van der Waals surface area contributed by atoms with Gasteiger partial charge in [-0.1, -0.05) is 13.8 Å². The van der Waals surface area contributed by atoms with E-state index in [0.717, 1.165) is 0 Å². The smallest absolute Gasteiger partial charge is 0.323 e. The van der Waals surface area contributed by atoms with Gasteiger partial charge in [0, 0.05) is 0 Å². The van der Waals surface area contributed by atoms with E-state index in [0.29, 0.717) is 11.2 Å². The van der Waals surface area contributed by atoms with Gasteiger partial charge in [0.1, 0.15) is 43.4 Å². The molecule has 0 aromatic carbocycles. The average Bonchev–Trinajstić information content (AvgIpc) is 3.21. The zero-order valence-electron chi connectivity index (χ0n) is 15.8. The van der Waals surface area contributed by atoms with Crippen molar-refractivity contribution in [3.63, 3.8) is 0 Å². The molecule has 0 radical (unpaired) electrons. The number of aliphatic hydroxyl groups excluding tert-OH is 2. The molecular formula is C18H23N5O5. The number of rotatable bonds is 5. The second kappa shape index (κ2) is 7.44. The maximum absolute atomic E-state index is 12.0. The summed E-state index contributed by atoms with van der Waals surface area (Å²) in [6.07, 6.45) is -2.81. The molecule has 0 amide bonds. The van der Waals surface area contributed by atoms with Crippen molar-refractivity contribution in [3.05, 3.63) is 29.8 Å². The van der Waals surface area contributed by atoms with Crippen LogP contribution in [0.15, 0.2) is 18.5 Å². The molecule has 4 N–H and O–H groups in total. The molecule has 28 heavy (non-hydrogen) atoms. The van der Waals surface area contributed by atoms with E-state index >= 15 is 0 Å². The van der Waals surface area contributed by atoms with Gasteiger partial charge >= 0.3 is 5.97 Å². The minimum absolute atomic E-state index is 0.124. The molecule has 0 unspecified atom stereocenters. The fourth-order valence-electron chi connectivity index (χ4n) is 3.19. The molecule has 1 fully saturated rings. The fraction of sp³-hybridized carbons (Fsp3) is 0.556. The van der Waals surface area contributed by atoms with Gasteiger partial charge in [0.25, 0.3) is 0 Å². The highest BCUT2D eigenvalue weighted by atomic mass is 16.6. The molecule has 0 aliphatic carbocycles. The summed E-state index contributed by atoms with van der Waals surface area (Å²) in [6.45, 7) is 4.98. The van der Waals surface area contributed by atoms with E-state index in [-0.39, 0.29) is 18.2 Å². The highest BCUT2D eigenvalue weighted by molar-refractivity contribution is 5.75. The van der Waals surface area contributed by atoms with Crippen LogP contribution in [0.25, 0.3) is 5.52 Å². The van der Waals surface area contributed by atoms with Crippen molar-refractivity contribution >= 4 is 11.5 Å². The molecule has 5 atom stereocenters. The monoisotopic (exact) mass is 389 g/mol. The van der Waals surface area contributed by atoms with E-state index < -0.39 is 35.9 Å². The first kappa shape index (κ1) is 20.2. The highest BCUT2D eigenvalue weighted by Gasteiger charge is 2.57. The Morgan fingerprint density at radius 2 is 2.21 bits per heavy atom. The number of ether oxygens (including phenoxy) is 2. The fourth-order valence-corrected chi connectivity index (χ4v) is 3.19. The largest absolute Gasteiger partial charge is 0.462 e. The van der Waals surface area contributed by atoms with Crippen LogP contribution in [0.2, 0.25) is 0 Å². The number of aryl methyl sites for hydroxylation is 1. The maximum atomic E-state index is 12.0. The summed E-state index contributed by atoms with van der Waals surface area (Å²) in [5, 5.41) is 35.0. The standard InChI is InChI=1S/C18H23N5O5/c1-9(2)14(20)17(26)27-6-12-15(24)16(25)18(7-19,28-12)13-5-4-11-10(3)21-8-22-23(11)13/h4-5,8-9,12,14-16,24-25H,6,20H2,1-3H3/t12-,14+,15-,16-,18+/m1/s1. The predicted molar refractivity (Wildman–Crippen MR) is 95.7 cm³/mol. The first-order chi connectivity index (χ1) is 13.2. The van der Waals surface area contributed by atoms with Crippen molar-refractivity contribution in [2.45, 2.75) is 50.7 Å². The number of aliphatic hydroxyl groups is 2. The SMILES string of the molecule is Cc1ncnn2c([C@]3(C#N)O[C@H](COC(=O)[C@@H](N)C(C)C)[C@@H](O)[C@H]3O)ccc12. The van der Waals surface area contributed by atoms with Gasteiger partial charge in [-0.25, -0.2) is 9.50 Å². The lowest BCUT2D eigenvalue weighted by Gasteiger charge is -2.24. The van der Waals surface area contributed by atoms with Crippen molar-refractivity contribution < 1.29 is 24.5 Å². The van der Waals surface area contributed by atoms with Crippen molar-refractivity contribution in [2.24, 2.45) is 11.7 Å². The zero-order valence-corrected chi connectivity index (χ0v) is 15.8. The average molecular weight is 389 g/mol. The number of nitriles is 1. The lowest BCUT2D eigenvalue weighted by molar-refractivity contribution is -0.153. The number of carbonyl (C=O) groups excluding carboxylic acids is 1. The molecule has 150 valence electrons. The molecule has 10 nitrogen and oxygen atoms in total. The van der Waals surface area contributed by atoms with Crippen LogP contribution >= 0.6 is 0 Å². The molecule has 3 heterocycles. The van der Waals surface area contributed by atoms with Crippen LogP contribution in [0.3, 0.4) is 0 Å². The molecular weight excluding hydrogens is 366 g/mol. The van der Waals surface area contributed by atoms with Crippen LogP contribution in [-0.4, -0.2) is 61.7 Å². The van der Waals surface area contributed by atoms with Gasteiger partial charge in [-0.05, 0) is 25.0 Å². The summed E-state index contributed by atoms with van der Waals surface area (Å²) in [7, 11) is 0. The normalized spacial score (nSPS) is 28.4. The third-order valence-corrected chi connectivity index (χ3v) is 5.03. The van der Waals surface area contributed by atoms with Crippen molar-refractivity contribution in [1.82, 2.24) is 14.6 Å². The molecule has 2 aromatic heterocycles. The van der Waals surface area contributed by atoms with Gasteiger partial charge in [-0.2, -0.15) is 10.4 Å². The molecule has 1 aliphatic heterocycles. The number of nitrogens with two attached hydrogens (primary N) is 1. The summed E-state index contributed by atoms with van der Waals surface area (Å²) in [5.74, 6) is -0.771. The minimum atomic E-state index is -1.89. The predicted octanol–water partition coefficient (Wildman–Crippen LogP) is -0.596. The van der Waals surface area contributed by atoms with Gasteiger partial charge in [0.2, 0.25) is 5.60 Å². The van der Waals surface area contributed by atoms with Crippen LogP contribution < -0.4 is 5.73 Å². The number of carbonyl (C=O) groups is 1. The van der Waals surface area contributed by atoms with E-state index in [9.17, 15) is 20.3 Å². The van der Waals surface area contributed by atoms with Gasteiger partial charge < -0.3 is 25.4 Å².